The van der Waals surface area contributed by atoms with Crippen molar-refractivity contribution in [2.75, 3.05) is 5.73 Å². The predicted octanol–water partition coefficient (Wildman–Crippen LogP) is 2.25. The molecule has 0 aliphatic heterocycles. The van der Waals surface area contributed by atoms with Gasteiger partial charge in [0.05, 0.1) is 0 Å². The summed E-state index contributed by atoms with van der Waals surface area (Å²) >= 11 is 0. The van der Waals surface area contributed by atoms with Gasteiger partial charge in [0.25, 0.3) is 0 Å². The van der Waals surface area contributed by atoms with Gasteiger partial charge in [0.2, 0.25) is 0 Å². The van der Waals surface area contributed by atoms with E-state index in [4.69, 9.17) is 5.73 Å². The van der Waals surface area contributed by atoms with Crippen LogP contribution in [0.2, 0.25) is 0 Å². The van der Waals surface area contributed by atoms with Gasteiger partial charge in [0.1, 0.15) is 0 Å². The first-order valence-corrected chi connectivity index (χ1v) is 4.58. The molecule has 2 rings (SSSR count). The van der Waals surface area contributed by atoms with Crippen LogP contribution < -0.4 is 5.73 Å². The fourth-order valence-electron chi connectivity index (χ4n) is 1.44. The molecule has 0 saturated carbocycles. The van der Waals surface area contributed by atoms with Gasteiger partial charge in [0, 0.05) is 18.1 Å². The van der Waals surface area contributed by atoms with Crippen molar-refractivity contribution >= 4 is 5.69 Å². The first kappa shape index (κ1) is 8.75. The van der Waals surface area contributed by atoms with Crippen molar-refractivity contribution in [3.63, 3.8) is 0 Å². The maximum Gasteiger partial charge on any atom is 0.0316 e. The average molecular weight is 184 g/mol. The molecule has 2 N–H and O–H groups in total. The van der Waals surface area contributed by atoms with Gasteiger partial charge in [-0.05, 0) is 41.8 Å². The molecular weight excluding hydrogens is 172 g/mol. The number of hydrogen-bond acceptors (Lipinski definition) is 2. The van der Waals surface area contributed by atoms with Gasteiger partial charge >= 0.3 is 0 Å². The van der Waals surface area contributed by atoms with E-state index < -0.39 is 0 Å². The summed E-state index contributed by atoms with van der Waals surface area (Å²) in [5, 5.41) is 0. The van der Waals surface area contributed by atoms with Gasteiger partial charge in [0.15, 0.2) is 0 Å². The fraction of sp³-hybridized carbons (Fsp3) is 0.0833. The lowest BCUT2D eigenvalue weighted by molar-refractivity contribution is 1.16. The first-order chi connectivity index (χ1) is 6.84. The molecule has 0 saturated heterocycles. The zero-order valence-corrected chi connectivity index (χ0v) is 7.85. The number of rotatable bonds is 2. The molecule has 2 aromatic rings. The molecule has 0 aliphatic rings. The van der Waals surface area contributed by atoms with Crippen molar-refractivity contribution in [3.05, 3.63) is 59.9 Å². The van der Waals surface area contributed by atoms with E-state index in [1.807, 2.05) is 42.7 Å². The molecule has 0 fully saturated rings. The second-order valence-electron chi connectivity index (χ2n) is 3.28. The van der Waals surface area contributed by atoms with Gasteiger partial charge < -0.3 is 5.73 Å². The Kier molecular flexibility index (Phi) is 2.45. The van der Waals surface area contributed by atoms with E-state index in [2.05, 4.69) is 11.1 Å². The molecule has 1 heterocycles. The van der Waals surface area contributed by atoms with Crippen molar-refractivity contribution in [3.8, 4) is 0 Å². The van der Waals surface area contributed by atoms with Crippen LogP contribution >= 0.6 is 0 Å². The molecule has 1 aromatic heterocycles. The van der Waals surface area contributed by atoms with Crippen molar-refractivity contribution < 1.29 is 0 Å². The van der Waals surface area contributed by atoms with Crippen LogP contribution in [0.1, 0.15) is 11.1 Å². The van der Waals surface area contributed by atoms with Crippen molar-refractivity contribution in [1.29, 1.82) is 0 Å². The van der Waals surface area contributed by atoms with E-state index in [0.29, 0.717) is 0 Å². The monoisotopic (exact) mass is 184 g/mol. The normalized spacial score (nSPS) is 10.0. The van der Waals surface area contributed by atoms with Gasteiger partial charge in [-0.1, -0.05) is 12.1 Å². The fourth-order valence-corrected chi connectivity index (χ4v) is 1.44. The molecule has 0 atom stereocenters. The zero-order valence-electron chi connectivity index (χ0n) is 7.85. The Morgan fingerprint density at radius 3 is 2.50 bits per heavy atom. The SMILES string of the molecule is Nc1cccc(Cc2ccncc2)c1. The largest absolute Gasteiger partial charge is 0.399 e. The Morgan fingerprint density at radius 1 is 1.00 bits per heavy atom. The van der Waals surface area contributed by atoms with E-state index in [-0.39, 0.29) is 0 Å². The maximum absolute atomic E-state index is 5.70. The quantitative estimate of drug-likeness (QED) is 0.727. The number of anilines is 1. The lowest BCUT2D eigenvalue weighted by atomic mass is 10.1. The minimum absolute atomic E-state index is 0.816. The first-order valence-electron chi connectivity index (χ1n) is 4.58. The summed E-state index contributed by atoms with van der Waals surface area (Å²) in [4.78, 5) is 3.98. The third-order valence-corrected chi connectivity index (χ3v) is 2.11. The summed E-state index contributed by atoms with van der Waals surface area (Å²) in [6.07, 6.45) is 4.52. The highest BCUT2D eigenvalue weighted by Gasteiger charge is 1.95. The molecule has 70 valence electrons. The van der Waals surface area contributed by atoms with E-state index >= 15 is 0 Å². The maximum atomic E-state index is 5.70. The van der Waals surface area contributed by atoms with Gasteiger partial charge in [-0.25, -0.2) is 0 Å². The van der Waals surface area contributed by atoms with Crippen LogP contribution in [0, 0.1) is 0 Å². The third-order valence-electron chi connectivity index (χ3n) is 2.11. The molecule has 0 radical (unpaired) electrons. The Labute approximate surface area is 83.4 Å². The second-order valence-corrected chi connectivity index (χ2v) is 3.28. The molecule has 1 aromatic carbocycles. The van der Waals surface area contributed by atoms with Crippen LogP contribution in [-0.2, 0) is 6.42 Å². The second kappa shape index (κ2) is 3.92. The number of nitrogens with zero attached hydrogens (tertiary/aromatic N) is 1. The molecule has 14 heavy (non-hydrogen) atoms. The molecule has 0 amide bonds. The lowest BCUT2D eigenvalue weighted by Gasteiger charge is -2.01. The van der Waals surface area contributed by atoms with Crippen LogP contribution in [0.4, 0.5) is 5.69 Å². The Morgan fingerprint density at radius 2 is 1.79 bits per heavy atom. The van der Waals surface area contributed by atoms with Crippen LogP contribution in [0.5, 0.6) is 0 Å². The average Bonchev–Trinajstić information content (AvgIpc) is 2.19. The third kappa shape index (κ3) is 2.10. The van der Waals surface area contributed by atoms with Crippen LogP contribution in [0.25, 0.3) is 0 Å². The molecular formula is C12H12N2. The molecule has 0 unspecified atom stereocenters. The Hall–Kier alpha value is -1.83. The van der Waals surface area contributed by atoms with E-state index in [1.165, 1.54) is 11.1 Å². The number of nitrogen functional groups attached to an aromatic ring is 1. The smallest absolute Gasteiger partial charge is 0.0316 e. The summed E-state index contributed by atoms with van der Waals surface area (Å²) < 4.78 is 0. The highest BCUT2D eigenvalue weighted by Crippen LogP contribution is 2.11. The van der Waals surface area contributed by atoms with Gasteiger partial charge in [-0.3, -0.25) is 4.98 Å². The van der Waals surface area contributed by atoms with Crippen molar-refractivity contribution in [2.45, 2.75) is 6.42 Å². The number of benzene rings is 1. The Balaban J connectivity index is 2.19. The van der Waals surface area contributed by atoms with Gasteiger partial charge in [-0.2, -0.15) is 0 Å². The number of aromatic nitrogens is 1. The highest BCUT2D eigenvalue weighted by atomic mass is 14.6. The minimum atomic E-state index is 0.816. The summed E-state index contributed by atoms with van der Waals surface area (Å²) in [5.41, 5.74) is 9.00. The highest BCUT2D eigenvalue weighted by molar-refractivity contribution is 5.41. The molecule has 2 nitrogen and oxygen atoms in total. The van der Waals surface area contributed by atoms with Gasteiger partial charge in [-0.15, -0.1) is 0 Å². The number of pyridine rings is 1. The van der Waals surface area contributed by atoms with Crippen molar-refractivity contribution in [2.24, 2.45) is 0 Å². The van der Waals surface area contributed by atoms with E-state index in [1.54, 1.807) is 0 Å². The Bertz CT molecular complexity index is 410. The molecule has 0 bridgehead atoms. The van der Waals surface area contributed by atoms with Crippen LogP contribution in [-0.4, -0.2) is 4.98 Å². The lowest BCUT2D eigenvalue weighted by Crippen LogP contribution is -1.90. The topological polar surface area (TPSA) is 38.9 Å². The van der Waals surface area contributed by atoms with E-state index in [0.717, 1.165) is 12.1 Å². The summed E-state index contributed by atoms with van der Waals surface area (Å²) in [6.45, 7) is 0. The zero-order chi connectivity index (χ0) is 9.80. The molecule has 0 spiro atoms. The minimum Gasteiger partial charge on any atom is -0.399 e. The van der Waals surface area contributed by atoms with E-state index in [9.17, 15) is 0 Å². The van der Waals surface area contributed by atoms with Crippen LogP contribution in [0.3, 0.4) is 0 Å². The molecule has 0 aliphatic carbocycles. The summed E-state index contributed by atoms with van der Waals surface area (Å²) in [5.74, 6) is 0. The number of nitrogens with two attached hydrogens (primary N) is 1. The number of hydrogen-bond donors (Lipinski definition) is 1. The predicted molar refractivity (Wildman–Crippen MR) is 57.9 cm³/mol. The summed E-state index contributed by atoms with van der Waals surface area (Å²) in [7, 11) is 0. The van der Waals surface area contributed by atoms with Crippen molar-refractivity contribution in [1.82, 2.24) is 4.98 Å². The van der Waals surface area contributed by atoms with Crippen LogP contribution in [0.15, 0.2) is 48.8 Å². The standard InChI is InChI=1S/C12H12N2/c13-12-3-1-2-11(9-12)8-10-4-6-14-7-5-10/h1-7,9H,8,13H2. The molecule has 2 heteroatoms. The summed E-state index contributed by atoms with van der Waals surface area (Å²) in [6, 6.07) is 12.0.